The van der Waals surface area contributed by atoms with Gasteiger partial charge in [0.25, 0.3) is 0 Å². The number of carbonyl (C=O) groups excluding carboxylic acids is 2. The maximum absolute atomic E-state index is 12.4. The molecule has 0 atom stereocenters. The zero-order valence-electron chi connectivity index (χ0n) is 16.6. The van der Waals surface area contributed by atoms with Crippen LogP contribution in [0.25, 0.3) is 0 Å². The van der Waals surface area contributed by atoms with E-state index >= 15 is 0 Å². The number of alkyl halides is 1. The predicted molar refractivity (Wildman–Crippen MR) is 108 cm³/mol. The van der Waals surface area contributed by atoms with Crippen LogP contribution in [0.3, 0.4) is 0 Å². The van der Waals surface area contributed by atoms with Crippen molar-refractivity contribution in [2.24, 2.45) is 5.41 Å². The summed E-state index contributed by atoms with van der Waals surface area (Å²) in [4.78, 5) is 26.4. The average molecular weight is 395 g/mol. The molecule has 0 unspecified atom stereocenters. The van der Waals surface area contributed by atoms with Crippen LogP contribution in [-0.2, 0) is 9.59 Å². The number of piperidine rings is 1. The zero-order chi connectivity index (χ0) is 19.9. The Morgan fingerprint density at radius 2 is 1.93 bits per heavy atom. The smallest absolute Gasteiger partial charge is 0.229 e. The minimum Gasteiger partial charge on any atom is -0.493 e. The van der Waals surface area contributed by atoms with Crippen LogP contribution >= 0.6 is 11.6 Å². The lowest BCUT2D eigenvalue weighted by atomic mass is 9.92. The molecule has 2 amide bonds. The van der Waals surface area contributed by atoms with E-state index in [2.05, 4.69) is 5.32 Å². The first kappa shape index (κ1) is 21.5. The van der Waals surface area contributed by atoms with E-state index in [1.807, 2.05) is 49.9 Å². The van der Waals surface area contributed by atoms with Gasteiger partial charge in [0.15, 0.2) is 0 Å². The van der Waals surface area contributed by atoms with Gasteiger partial charge < -0.3 is 15.0 Å². The van der Waals surface area contributed by atoms with Gasteiger partial charge in [-0.3, -0.25) is 9.59 Å². The fourth-order valence-electron chi connectivity index (χ4n) is 3.15. The van der Waals surface area contributed by atoms with E-state index in [1.54, 1.807) is 0 Å². The molecule has 0 aromatic heterocycles. The molecule has 6 heteroatoms. The van der Waals surface area contributed by atoms with Gasteiger partial charge in [-0.15, -0.1) is 11.6 Å². The van der Waals surface area contributed by atoms with Gasteiger partial charge in [0.1, 0.15) is 5.75 Å². The van der Waals surface area contributed by atoms with Crippen molar-refractivity contribution in [1.82, 2.24) is 10.2 Å². The normalized spacial score (nSPS) is 15.5. The van der Waals surface area contributed by atoms with Crippen LogP contribution in [0, 0.1) is 12.3 Å². The molecule has 150 valence electrons. The molecule has 1 saturated heterocycles. The van der Waals surface area contributed by atoms with Crippen molar-refractivity contribution in [3.05, 3.63) is 29.8 Å². The molecule has 1 heterocycles. The maximum Gasteiger partial charge on any atom is 0.229 e. The van der Waals surface area contributed by atoms with Crippen molar-refractivity contribution in [3.63, 3.8) is 0 Å². The van der Waals surface area contributed by atoms with Crippen molar-refractivity contribution < 1.29 is 14.3 Å². The second kappa shape index (κ2) is 9.98. The molecule has 0 spiro atoms. The summed E-state index contributed by atoms with van der Waals surface area (Å²) in [6.07, 6.45) is 2.71. The molecular weight excluding hydrogens is 364 g/mol. The number of nitrogens with zero attached hydrogens (tertiary/aromatic N) is 1. The quantitative estimate of drug-likeness (QED) is 0.542. The molecule has 1 aromatic rings. The molecule has 5 nitrogen and oxygen atoms in total. The molecule has 1 fully saturated rings. The molecular formula is C21H31ClN2O3. The Bertz CT molecular complexity index is 640. The Kier molecular flexibility index (Phi) is 7.96. The van der Waals surface area contributed by atoms with Gasteiger partial charge in [0.2, 0.25) is 11.8 Å². The van der Waals surface area contributed by atoms with Crippen molar-refractivity contribution in [2.45, 2.75) is 52.5 Å². The topological polar surface area (TPSA) is 58.6 Å². The van der Waals surface area contributed by atoms with Gasteiger partial charge in [-0.25, -0.2) is 0 Å². The predicted octanol–water partition coefficient (Wildman–Crippen LogP) is 3.53. The summed E-state index contributed by atoms with van der Waals surface area (Å²) in [5.74, 6) is 1.33. The van der Waals surface area contributed by atoms with Crippen LogP contribution in [0.5, 0.6) is 5.75 Å². The fraction of sp³-hybridized carbons (Fsp3) is 0.619. The van der Waals surface area contributed by atoms with Crippen LogP contribution in [0.2, 0.25) is 0 Å². The van der Waals surface area contributed by atoms with E-state index in [-0.39, 0.29) is 17.9 Å². The third-order valence-corrected chi connectivity index (χ3v) is 5.63. The minimum atomic E-state index is -0.533. The third kappa shape index (κ3) is 6.42. The van der Waals surface area contributed by atoms with Crippen molar-refractivity contribution in [3.8, 4) is 5.75 Å². The summed E-state index contributed by atoms with van der Waals surface area (Å²) in [6.45, 7) is 7.61. The molecule has 1 aliphatic heterocycles. The van der Waals surface area contributed by atoms with E-state index in [0.29, 0.717) is 38.4 Å². The zero-order valence-corrected chi connectivity index (χ0v) is 17.3. The number of para-hydroxylation sites is 1. The summed E-state index contributed by atoms with van der Waals surface area (Å²) in [7, 11) is 0. The van der Waals surface area contributed by atoms with Gasteiger partial charge in [-0.05, 0) is 51.7 Å². The number of ether oxygens (including phenoxy) is 1. The SMILES string of the molecule is Cc1ccccc1OCCCC(=O)NC1CCN(C(=O)C(C)(C)CCl)CC1. The Labute approximate surface area is 167 Å². The lowest BCUT2D eigenvalue weighted by molar-refractivity contribution is -0.140. The van der Waals surface area contributed by atoms with E-state index in [9.17, 15) is 9.59 Å². The lowest BCUT2D eigenvalue weighted by Gasteiger charge is -2.36. The van der Waals surface area contributed by atoms with Gasteiger partial charge >= 0.3 is 0 Å². The first-order chi connectivity index (χ1) is 12.8. The average Bonchev–Trinajstić information content (AvgIpc) is 2.66. The van der Waals surface area contributed by atoms with Crippen molar-refractivity contribution >= 4 is 23.4 Å². The number of amides is 2. The number of nitrogens with one attached hydrogen (secondary N) is 1. The lowest BCUT2D eigenvalue weighted by Crippen LogP contribution is -2.50. The molecule has 0 aliphatic carbocycles. The van der Waals surface area contributed by atoms with Gasteiger partial charge in [-0.1, -0.05) is 18.2 Å². The van der Waals surface area contributed by atoms with Crippen LogP contribution in [-0.4, -0.2) is 48.3 Å². The first-order valence-electron chi connectivity index (χ1n) is 9.66. The number of hydrogen-bond donors (Lipinski definition) is 1. The summed E-state index contributed by atoms with van der Waals surface area (Å²) in [5.41, 5.74) is 0.565. The summed E-state index contributed by atoms with van der Waals surface area (Å²) < 4.78 is 5.73. The Morgan fingerprint density at radius 3 is 2.56 bits per heavy atom. The van der Waals surface area contributed by atoms with Gasteiger partial charge in [-0.2, -0.15) is 0 Å². The second-order valence-corrected chi connectivity index (χ2v) is 8.14. The highest BCUT2D eigenvalue weighted by molar-refractivity contribution is 6.19. The van der Waals surface area contributed by atoms with Crippen LogP contribution in [0.4, 0.5) is 0 Å². The maximum atomic E-state index is 12.4. The van der Waals surface area contributed by atoms with Gasteiger partial charge in [0, 0.05) is 31.4 Å². The summed E-state index contributed by atoms with van der Waals surface area (Å²) >= 11 is 5.90. The summed E-state index contributed by atoms with van der Waals surface area (Å²) in [5, 5.41) is 3.08. The highest BCUT2D eigenvalue weighted by atomic mass is 35.5. The van der Waals surface area contributed by atoms with Crippen LogP contribution in [0.15, 0.2) is 24.3 Å². The van der Waals surface area contributed by atoms with E-state index in [1.165, 1.54) is 0 Å². The molecule has 2 rings (SSSR count). The number of aryl methyl sites for hydroxylation is 1. The number of hydrogen-bond acceptors (Lipinski definition) is 3. The number of likely N-dealkylation sites (tertiary alicyclic amines) is 1. The van der Waals surface area contributed by atoms with E-state index < -0.39 is 5.41 Å². The third-order valence-electron chi connectivity index (χ3n) is 4.96. The monoisotopic (exact) mass is 394 g/mol. The second-order valence-electron chi connectivity index (χ2n) is 7.87. The van der Waals surface area contributed by atoms with Crippen molar-refractivity contribution in [1.29, 1.82) is 0 Å². The van der Waals surface area contributed by atoms with E-state index in [4.69, 9.17) is 16.3 Å². The standard InChI is InChI=1S/C21H31ClN2O3/c1-16-7-4-5-8-18(16)27-14-6-9-19(25)23-17-10-12-24(13-11-17)20(26)21(2,3)15-22/h4-5,7-8,17H,6,9-15H2,1-3H3,(H,23,25). The van der Waals surface area contributed by atoms with E-state index in [0.717, 1.165) is 24.2 Å². The fourth-order valence-corrected chi connectivity index (χ4v) is 3.26. The first-order valence-corrected chi connectivity index (χ1v) is 10.2. The highest BCUT2D eigenvalue weighted by Gasteiger charge is 2.33. The molecule has 0 radical (unpaired) electrons. The number of halogens is 1. The largest absolute Gasteiger partial charge is 0.493 e. The highest BCUT2D eigenvalue weighted by Crippen LogP contribution is 2.23. The minimum absolute atomic E-state index is 0.0502. The van der Waals surface area contributed by atoms with Crippen molar-refractivity contribution in [2.75, 3.05) is 25.6 Å². The number of carbonyl (C=O) groups is 2. The summed E-state index contributed by atoms with van der Waals surface area (Å²) in [6, 6.07) is 8.01. The van der Waals surface area contributed by atoms with Crippen LogP contribution < -0.4 is 10.1 Å². The Morgan fingerprint density at radius 1 is 1.26 bits per heavy atom. The molecule has 1 aromatic carbocycles. The number of benzene rings is 1. The number of rotatable bonds is 8. The molecule has 0 saturated carbocycles. The molecule has 1 aliphatic rings. The van der Waals surface area contributed by atoms with Gasteiger partial charge in [0.05, 0.1) is 12.0 Å². The Hall–Kier alpha value is -1.75. The molecule has 27 heavy (non-hydrogen) atoms. The molecule has 1 N–H and O–H groups in total. The van der Waals surface area contributed by atoms with Crippen LogP contribution in [0.1, 0.15) is 45.1 Å². The Balaban J connectivity index is 1.64. The molecule has 0 bridgehead atoms.